The molecule has 18 heavy (non-hydrogen) atoms. The summed E-state index contributed by atoms with van der Waals surface area (Å²) in [5.41, 5.74) is 0. The lowest BCUT2D eigenvalue weighted by atomic mass is 9.96. The second-order valence-electron chi connectivity index (χ2n) is 5.73. The summed E-state index contributed by atoms with van der Waals surface area (Å²) >= 11 is 0. The molecule has 4 nitrogen and oxygen atoms in total. The first-order chi connectivity index (χ1) is 8.75. The van der Waals surface area contributed by atoms with Gasteiger partial charge in [-0.1, -0.05) is 0 Å². The standard InChI is InChI=1S/C14H26N2O2/c1-16(7-4-12-5-8-18-9-6-12)14(17)11-15-10-13-2-3-13/h12-13,15H,2-11H2,1H3. The molecule has 0 spiro atoms. The largest absolute Gasteiger partial charge is 0.381 e. The number of amides is 1. The Hall–Kier alpha value is -0.610. The van der Waals surface area contributed by atoms with Gasteiger partial charge in [0.2, 0.25) is 5.91 Å². The highest BCUT2D eigenvalue weighted by Crippen LogP contribution is 2.27. The Morgan fingerprint density at radius 3 is 2.61 bits per heavy atom. The van der Waals surface area contributed by atoms with Crippen LogP contribution >= 0.6 is 0 Å². The maximum absolute atomic E-state index is 11.9. The Balaban J connectivity index is 1.54. The Bertz CT molecular complexity index is 261. The fourth-order valence-electron chi connectivity index (χ4n) is 2.38. The second kappa shape index (κ2) is 7.10. The number of hydrogen-bond acceptors (Lipinski definition) is 3. The fraction of sp³-hybridized carbons (Fsp3) is 0.929. The van der Waals surface area contributed by atoms with Crippen LogP contribution in [0.5, 0.6) is 0 Å². The molecule has 2 aliphatic rings. The van der Waals surface area contributed by atoms with Crippen molar-refractivity contribution in [1.82, 2.24) is 10.2 Å². The van der Waals surface area contributed by atoms with Crippen LogP contribution < -0.4 is 5.32 Å². The van der Waals surface area contributed by atoms with Gasteiger partial charge in [0.25, 0.3) is 0 Å². The predicted octanol–water partition coefficient (Wildman–Crippen LogP) is 1.26. The minimum atomic E-state index is 0.225. The lowest BCUT2D eigenvalue weighted by molar-refractivity contribution is -0.129. The van der Waals surface area contributed by atoms with Crippen LogP contribution in [0.2, 0.25) is 0 Å². The number of carbonyl (C=O) groups excluding carboxylic acids is 1. The van der Waals surface area contributed by atoms with Crippen LogP contribution in [0.1, 0.15) is 32.1 Å². The van der Waals surface area contributed by atoms with Crippen molar-refractivity contribution in [2.45, 2.75) is 32.1 Å². The Morgan fingerprint density at radius 2 is 1.94 bits per heavy atom. The van der Waals surface area contributed by atoms with E-state index in [9.17, 15) is 4.79 Å². The number of rotatable bonds is 7. The van der Waals surface area contributed by atoms with Gasteiger partial charge < -0.3 is 15.0 Å². The Kier molecular flexibility index (Phi) is 5.45. The van der Waals surface area contributed by atoms with Crippen molar-refractivity contribution >= 4 is 5.91 Å². The van der Waals surface area contributed by atoms with E-state index >= 15 is 0 Å². The zero-order chi connectivity index (χ0) is 12.8. The average Bonchev–Trinajstić information content (AvgIpc) is 3.21. The molecule has 2 fully saturated rings. The van der Waals surface area contributed by atoms with Gasteiger partial charge in [0.15, 0.2) is 0 Å². The number of hydrogen-bond donors (Lipinski definition) is 1. The molecule has 104 valence electrons. The summed E-state index contributed by atoms with van der Waals surface area (Å²) in [7, 11) is 1.92. The Morgan fingerprint density at radius 1 is 1.22 bits per heavy atom. The van der Waals surface area contributed by atoms with E-state index in [1.165, 1.54) is 12.8 Å². The highest BCUT2D eigenvalue weighted by Gasteiger charge is 2.21. The molecule has 1 N–H and O–H groups in total. The van der Waals surface area contributed by atoms with Gasteiger partial charge in [-0.3, -0.25) is 4.79 Å². The van der Waals surface area contributed by atoms with Crippen molar-refractivity contribution in [2.24, 2.45) is 11.8 Å². The molecule has 4 heteroatoms. The monoisotopic (exact) mass is 254 g/mol. The Labute approximate surface area is 110 Å². The first-order valence-corrected chi connectivity index (χ1v) is 7.28. The van der Waals surface area contributed by atoms with E-state index in [4.69, 9.17) is 4.74 Å². The van der Waals surface area contributed by atoms with Gasteiger partial charge >= 0.3 is 0 Å². The highest BCUT2D eigenvalue weighted by molar-refractivity contribution is 5.77. The summed E-state index contributed by atoms with van der Waals surface area (Å²) in [5.74, 6) is 1.81. The van der Waals surface area contributed by atoms with Crippen LogP contribution in [0.4, 0.5) is 0 Å². The third-order valence-electron chi connectivity index (χ3n) is 4.05. The predicted molar refractivity (Wildman–Crippen MR) is 71.4 cm³/mol. The van der Waals surface area contributed by atoms with Gasteiger partial charge in [-0.2, -0.15) is 0 Å². The van der Waals surface area contributed by atoms with Crippen LogP contribution in [-0.2, 0) is 9.53 Å². The number of nitrogens with zero attached hydrogens (tertiary/aromatic N) is 1. The molecule has 1 aliphatic carbocycles. The maximum Gasteiger partial charge on any atom is 0.236 e. The van der Waals surface area contributed by atoms with E-state index in [-0.39, 0.29) is 5.91 Å². The van der Waals surface area contributed by atoms with Crippen LogP contribution in [0.15, 0.2) is 0 Å². The zero-order valence-electron chi connectivity index (χ0n) is 11.5. The number of ether oxygens (including phenoxy) is 1. The van der Waals surface area contributed by atoms with Crippen LogP contribution in [0, 0.1) is 11.8 Å². The van der Waals surface area contributed by atoms with Crippen molar-refractivity contribution < 1.29 is 9.53 Å². The lowest BCUT2D eigenvalue weighted by Gasteiger charge is -2.25. The normalized spacial score (nSPS) is 20.9. The van der Waals surface area contributed by atoms with Crippen LogP contribution in [-0.4, -0.2) is 50.7 Å². The summed E-state index contributed by atoms with van der Waals surface area (Å²) in [4.78, 5) is 13.7. The summed E-state index contributed by atoms with van der Waals surface area (Å²) in [6, 6.07) is 0. The molecule has 1 aliphatic heterocycles. The third kappa shape index (κ3) is 4.94. The minimum absolute atomic E-state index is 0.225. The molecule has 1 amide bonds. The van der Waals surface area contributed by atoms with Gasteiger partial charge in [0.1, 0.15) is 0 Å². The van der Waals surface area contributed by atoms with Crippen molar-refractivity contribution in [2.75, 3.05) is 39.9 Å². The molecular formula is C14H26N2O2. The van der Waals surface area contributed by atoms with E-state index < -0.39 is 0 Å². The summed E-state index contributed by atoms with van der Waals surface area (Å²) in [6.07, 6.45) is 6.10. The summed E-state index contributed by atoms with van der Waals surface area (Å²) < 4.78 is 5.34. The molecule has 0 unspecified atom stereocenters. The molecule has 0 radical (unpaired) electrons. The average molecular weight is 254 g/mol. The topological polar surface area (TPSA) is 41.6 Å². The van der Waals surface area contributed by atoms with Crippen molar-refractivity contribution in [3.63, 3.8) is 0 Å². The van der Waals surface area contributed by atoms with Gasteiger partial charge in [-0.05, 0) is 50.5 Å². The zero-order valence-corrected chi connectivity index (χ0v) is 11.5. The molecule has 0 atom stereocenters. The molecule has 0 aromatic carbocycles. The summed E-state index contributed by atoms with van der Waals surface area (Å²) in [6.45, 7) is 4.19. The smallest absolute Gasteiger partial charge is 0.236 e. The third-order valence-corrected chi connectivity index (χ3v) is 4.05. The molecule has 1 saturated carbocycles. The highest BCUT2D eigenvalue weighted by atomic mass is 16.5. The quantitative estimate of drug-likeness (QED) is 0.744. The van der Waals surface area contributed by atoms with Crippen LogP contribution in [0.3, 0.4) is 0 Å². The van der Waals surface area contributed by atoms with Gasteiger partial charge in [-0.15, -0.1) is 0 Å². The van der Waals surface area contributed by atoms with Crippen molar-refractivity contribution in [1.29, 1.82) is 0 Å². The van der Waals surface area contributed by atoms with Gasteiger partial charge in [-0.25, -0.2) is 0 Å². The van der Waals surface area contributed by atoms with E-state index in [1.807, 2.05) is 11.9 Å². The lowest BCUT2D eigenvalue weighted by Crippen LogP contribution is -2.37. The molecule has 0 aromatic heterocycles. The summed E-state index contributed by atoms with van der Waals surface area (Å²) in [5, 5.41) is 3.25. The van der Waals surface area contributed by atoms with E-state index in [0.717, 1.165) is 57.4 Å². The number of likely N-dealkylation sites (N-methyl/N-ethyl adjacent to an activating group) is 1. The van der Waals surface area contributed by atoms with E-state index in [0.29, 0.717) is 6.54 Å². The molecule has 1 heterocycles. The fourth-order valence-corrected chi connectivity index (χ4v) is 2.38. The van der Waals surface area contributed by atoms with Gasteiger partial charge in [0, 0.05) is 26.8 Å². The molecule has 2 rings (SSSR count). The van der Waals surface area contributed by atoms with Crippen molar-refractivity contribution in [3.8, 4) is 0 Å². The maximum atomic E-state index is 11.9. The second-order valence-corrected chi connectivity index (χ2v) is 5.73. The van der Waals surface area contributed by atoms with Crippen molar-refractivity contribution in [3.05, 3.63) is 0 Å². The molecule has 0 aromatic rings. The molecule has 0 bridgehead atoms. The minimum Gasteiger partial charge on any atom is -0.381 e. The molecular weight excluding hydrogens is 228 g/mol. The SMILES string of the molecule is CN(CCC1CCOCC1)C(=O)CNCC1CC1. The molecule has 1 saturated heterocycles. The number of carbonyl (C=O) groups is 1. The first kappa shape index (κ1) is 13.8. The van der Waals surface area contributed by atoms with Gasteiger partial charge in [0.05, 0.1) is 6.54 Å². The number of nitrogens with one attached hydrogen (secondary N) is 1. The van der Waals surface area contributed by atoms with E-state index in [2.05, 4.69) is 5.32 Å². The first-order valence-electron chi connectivity index (χ1n) is 7.28. The van der Waals surface area contributed by atoms with Crippen LogP contribution in [0.25, 0.3) is 0 Å². The van der Waals surface area contributed by atoms with E-state index in [1.54, 1.807) is 0 Å².